The van der Waals surface area contributed by atoms with E-state index in [-0.39, 0.29) is 5.69 Å². The van der Waals surface area contributed by atoms with Crippen LogP contribution in [0, 0.1) is 0 Å². The molecule has 0 atom stereocenters. The van der Waals surface area contributed by atoms with E-state index in [2.05, 4.69) is 20.9 Å². The number of benzene rings is 2. The Morgan fingerprint density at radius 3 is 2.50 bits per heavy atom. The number of para-hydroxylation sites is 1. The molecule has 168 valence electrons. The Bertz CT molecular complexity index is 1470. The molecule has 9 nitrogen and oxygen atoms in total. The summed E-state index contributed by atoms with van der Waals surface area (Å²) >= 11 is 0. The number of aromatic nitrogens is 3. The smallest absolute Gasteiger partial charge is 0.290 e. The zero-order valence-corrected chi connectivity index (χ0v) is 18.1. The van der Waals surface area contributed by atoms with Crippen molar-refractivity contribution in [3.63, 3.8) is 0 Å². The maximum Gasteiger partial charge on any atom is 0.290 e. The Kier molecular flexibility index (Phi) is 5.49. The number of fused-ring (bicyclic) bond motifs is 1. The third-order valence-corrected chi connectivity index (χ3v) is 5.18. The third-order valence-electron chi connectivity index (χ3n) is 5.18. The Hall–Kier alpha value is -4.92. The van der Waals surface area contributed by atoms with Crippen LogP contribution >= 0.6 is 0 Å². The highest BCUT2D eigenvalue weighted by molar-refractivity contribution is 6.08. The molecule has 34 heavy (non-hydrogen) atoms. The van der Waals surface area contributed by atoms with Crippen molar-refractivity contribution in [1.82, 2.24) is 25.6 Å². The predicted octanol–water partition coefficient (Wildman–Crippen LogP) is 3.76. The second-order valence-electron chi connectivity index (χ2n) is 7.30. The molecule has 0 radical (unpaired) electrons. The van der Waals surface area contributed by atoms with Gasteiger partial charge in [-0.2, -0.15) is 5.10 Å². The van der Waals surface area contributed by atoms with Gasteiger partial charge in [0.15, 0.2) is 11.5 Å². The summed E-state index contributed by atoms with van der Waals surface area (Å²) in [5, 5.41) is 4.92. The number of nitrogens with zero attached hydrogens (tertiary/aromatic N) is 3. The van der Waals surface area contributed by atoms with Crippen molar-refractivity contribution in [2.24, 2.45) is 0 Å². The lowest BCUT2D eigenvalue weighted by molar-refractivity contribution is 0.0844. The molecule has 3 aromatic heterocycles. The van der Waals surface area contributed by atoms with E-state index in [1.807, 2.05) is 30.3 Å². The number of ether oxygens (including phenoxy) is 1. The van der Waals surface area contributed by atoms with Gasteiger partial charge < -0.3 is 9.15 Å². The first kappa shape index (κ1) is 21.0. The number of pyridine rings is 1. The summed E-state index contributed by atoms with van der Waals surface area (Å²) in [5.41, 5.74) is 7.28. The van der Waals surface area contributed by atoms with Gasteiger partial charge in [0.05, 0.1) is 30.1 Å². The Labute approximate surface area is 194 Å². The molecule has 2 amide bonds. The van der Waals surface area contributed by atoms with Gasteiger partial charge in [0.2, 0.25) is 0 Å². The van der Waals surface area contributed by atoms with Crippen LogP contribution in [0.15, 0.2) is 89.7 Å². The summed E-state index contributed by atoms with van der Waals surface area (Å²) in [6.45, 7) is 0. The van der Waals surface area contributed by atoms with Crippen LogP contribution in [0.2, 0.25) is 0 Å². The summed E-state index contributed by atoms with van der Waals surface area (Å²) in [4.78, 5) is 30.1. The van der Waals surface area contributed by atoms with Gasteiger partial charge >= 0.3 is 0 Å². The number of methoxy groups -OCH3 is 1. The Balaban J connectivity index is 1.33. The molecule has 0 aliphatic rings. The summed E-state index contributed by atoms with van der Waals surface area (Å²) in [6.07, 6.45) is 3.20. The van der Waals surface area contributed by atoms with Gasteiger partial charge in [0.1, 0.15) is 11.4 Å². The zero-order valence-electron chi connectivity index (χ0n) is 18.1. The van der Waals surface area contributed by atoms with E-state index in [0.717, 1.165) is 11.4 Å². The molecule has 3 heterocycles. The van der Waals surface area contributed by atoms with Crippen molar-refractivity contribution in [2.75, 3.05) is 7.11 Å². The van der Waals surface area contributed by atoms with Crippen molar-refractivity contribution in [2.45, 2.75) is 0 Å². The number of hydrazine groups is 1. The molecule has 0 saturated carbocycles. The number of nitrogens with one attached hydrogen (secondary N) is 2. The van der Waals surface area contributed by atoms with Gasteiger partial charge in [-0.3, -0.25) is 20.4 Å². The largest absolute Gasteiger partial charge is 0.497 e. The number of furan rings is 1. The maximum atomic E-state index is 13.0. The summed E-state index contributed by atoms with van der Waals surface area (Å²) in [6, 6.07) is 21.2. The Morgan fingerprint density at radius 1 is 0.941 bits per heavy atom. The molecule has 2 N–H and O–H groups in total. The van der Waals surface area contributed by atoms with Gasteiger partial charge in [0.25, 0.3) is 11.8 Å². The number of rotatable bonds is 5. The average Bonchev–Trinajstić information content (AvgIpc) is 3.59. The minimum atomic E-state index is -0.551. The molecular weight excluding hydrogens is 434 g/mol. The highest BCUT2D eigenvalue weighted by Crippen LogP contribution is 2.25. The van der Waals surface area contributed by atoms with Crippen molar-refractivity contribution >= 4 is 22.7 Å². The van der Waals surface area contributed by atoms with E-state index in [0.29, 0.717) is 27.9 Å². The van der Waals surface area contributed by atoms with E-state index < -0.39 is 11.8 Å². The third kappa shape index (κ3) is 4.09. The van der Waals surface area contributed by atoms with Crippen LogP contribution in [-0.2, 0) is 0 Å². The number of hydrogen-bond donors (Lipinski definition) is 2. The molecule has 0 fully saturated rings. The minimum Gasteiger partial charge on any atom is -0.497 e. The normalized spacial score (nSPS) is 10.7. The quantitative estimate of drug-likeness (QED) is 0.392. The molecule has 0 aliphatic heterocycles. The van der Waals surface area contributed by atoms with E-state index in [1.54, 1.807) is 60.5 Å². The summed E-state index contributed by atoms with van der Waals surface area (Å²) < 4.78 is 12.1. The fraction of sp³-hybridized carbons (Fsp3) is 0.0400. The van der Waals surface area contributed by atoms with Crippen LogP contribution in [0.5, 0.6) is 5.75 Å². The van der Waals surface area contributed by atoms with Crippen LogP contribution in [0.4, 0.5) is 0 Å². The predicted molar refractivity (Wildman–Crippen MR) is 124 cm³/mol. The van der Waals surface area contributed by atoms with Crippen LogP contribution in [-0.4, -0.2) is 33.7 Å². The second kappa shape index (κ2) is 8.91. The Morgan fingerprint density at radius 2 is 1.74 bits per heavy atom. The second-order valence-corrected chi connectivity index (χ2v) is 7.30. The van der Waals surface area contributed by atoms with E-state index in [4.69, 9.17) is 9.15 Å². The highest BCUT2D eigenvalue weighted by atomic mass is 16.5. The molecule has 0 spiro atoms. The van der Waals surface area contributed by atoms with Crippen LogP contribution in [0.25, 0.3) is 28.0 Å². The van der Waals surface area contributed by atoms with Crippen LogP contribution in [0.3, 0.4) is 0 Å². The first-order valence-corrected chi connectivity index (χ1v) is 10.4. The first-order chi connectivity index (χ1) is 16.6. The SMILES string of the molecule is COc1ccc(-n2ccc(C(=O)NNC(=O)c3cc(-c4ccco4)nc4ccccc34)n2)cc1. The van der Waals surface area contributed by atoms with E-state index in [9.17, 15) is 9.59 Å². The number of hydrogen-bond acceptors (Lipinski definition) is 6. The van der Waals surface area contributed by atoms with Gasteiger partial charge in [-0.25, -0.2) is 9.67 Å². The van der Waals surface area contributed by atoms with Crippen molar-refractivity contribution in [3.05, 3.63) is 96.5 Å². The summed E-state index contributed by atoms with van der Waals surface area (Å²) in [7, 11) is 1.59. The first-order valence-electron chi connectivity index (χ1n) is 10.4. The van der Waals surface area contributed by atoms with Gasteiger partial charge in [-0.15, -0.1) is 0 Å². The molecule has 0 bridgehead atoms. The lowest BCUT2D eigenvalue weighted by Gasteiger charge is -2.10. The summed E-state index contributed by atoms with van der Waals surface area (Å²) in [5.74, 6) is 0.211. The number of amides is 2. The van der Waals surface area contributed by atoms with E-state index in [1.165, 1.54) is 6.26 Å². The molecule has 0 unspecified atom stereocenters. The highest BCUT2D eigenvalue weighted by Gasteiger charge is 2.17. The molecule has 5 aromatic rings. The molecule has 5 rings (SSSR count). The van der Waals surface area contributed by atoms with Crippen LogP contribution in [0.1, 0.15) is 20.8 Å². The zero-order chi connectivity index (χ0) is 23.5. The molecule has 2 aromatic carbocycles. The van der Waals surface area contributed by atoms with E-state index >= 15 is 0 Å². The van der Waals surface area contributed by atoms with Crippen molar-refractivity contribution < 1.29 is 18.7 Å². The average molecular weight is 453 g/mol. The molecule has 0 aliphatic carbocycles. The standard InChI is InChI=1S/C25H19N5O4/c1-33-17-10-8-16(9-11-17)30-13-12-21(29-30)25(32)28-27-24(31)19-15-22(23-7-4-14-34-23)26-20-6-3-2-5-18(19)20/h2-15H,1H3,(H,27,31)(H,28,32). The fourth-order valence-corrected chi connectivity index (χ4v) is 3.48. The van der Waals surface area contributed by atoms with Gasteiger partial charge in [-0.05, 0) is 54.6 Å². The monoisotopic (exact) mass is 453 g/mol. The molecular formula is C25H19N5O4. The van der Waals surface area contributed by atoms with Crippen LogP contribution < -0.4 is 15.6 Å². The number of carbonyl (C=O) groups excluding carboxylic acids is 2. The lowest BCUT2D eigenvalue weighted by Crippen LogP contribution is -2.42. The lowest BCUT2D eigenvalue weighted by atomic mass is 10.1. The molecule has 9 heteroatoms. The number of carbonyl (C=O) groups is 2. The van der Waals surface area contributed by atoms with Gasteiger partial charge in [0, 0.05) is 11.6 Å². The minimum absolute atomic E-state index is 0.145. The van der Waals surface area contributed by atoms with Gasteiger partial charge in [-0.1, -0.05) is 18.2 Å². The van der Waals surface area contributed by atoms with Crippen molar-refractivity contribution in [1.29, 1.82) is 0 Å². The van der Waals surface area contributed by atoms with Crippen molar-refractivity contribution in [3.8, 4) is 22.9 Å². The maximum absolute atomic E-state index is 13.0. The fourth-order valence-electron chi connectivity index (χ4n) is 3.48. The topological polar surface area (TPSA) is 111 Å². The molecule has 0 saturated heterocycles.